The van der Waals surface area contributed by atoms with Gasteiger partial charge in [-0.05, 0) is 48.9 Å². The highest BCUT2D eigenvalue weighted by molar-refractivity contribution is 6.05. The zero-order valence-corrected chi connectivity index (χ0v) is 16.1. The Kier molecular flexibility index (Phi) is 4.91. The highest BCUT2D eigenvalue weighted by atomic mass is 19.4. The molecule has 0 unspecified atom stereocenters. The molecule has 4 aromatic rings. The molecule has 0 fully saturated rings. The Bertz CT molecular complexity index is 1330. The van der Waals surface area contributed by atoms with Gasteiger partial charge < -0.3 is 5.32 Å². The molecule has 4 rings (SSSR count). The summed E-state index contributed by atoms with van der Waals surface area (Å²) in [6.07, 6.45) is -3.09. The maximum absolute atomic E-state index is 12.8. The van der Waals surface area contributed by atoms with E-state index in [0.717, 1.165) is 12.1 Å². The zero-order valence-electron chi connectivity index (χ0n) is 16.1. The molecule has 0 aliphatic heterocycles. The lowest BCUT2D eigenvalue weighted by atomic mass is 10.1. The predicted octanol–water partition coefficient (Wildman–Crippen LogP) is 5.08. The highest BCUT2D eigenvalue weighted by Gasteiger charge is 2.30. The van der Waals surface area contributed by atoms with Gasteiger partial charge in [0.15, 0.2) is 0 Å². The summed E-state index contributed by atoms with van der Waals surface area (Å²) in [5, 5.41) is 19.4. The fourth-order valence-electron chi connectivity index (χ4n) is 3.19. The number of carbonyl (C=O) groups excluding carboxylic acids is 1. The summed E-state index contributed by atoms with van der Waals surface area (Å²) in [5.41, 5.74) is 2.48. The molecule has 0 aliphatic rings. The number of halogens is 3. The predicted molar refractivity (Wildman–Crippen MR) is 108 cm³/mol. The Morgan fingerprint density at radius 1 is 1.13 bits per heavy atom. The minimum Gasteiger partial charge on any atom is -0.321 e. The summed E-state index contributed by atoms with van der Waals surface area (Å²) in [6.45, 7) is 1.69. The van der Waals surface area contributed by atoms with Crippen molar-refractivity contribution in [1.29, 1.82) is 5.26 Å². The second-order valence-corrected chi connectivity index (χ2v) is 6.86. The number of aromatic nitrogens is 3. The molecule has 0 atom stereocenters. The number of rotatable bonds is 3. The number of carbonyl (C=O) groups is 1. The first-order valence-corrected chi connectivity index (χ1v) is 9.10. The summed E-state index contributed by atoms with van der Waals surface area (Å²) in [7, 11) is 0. The molecule has 1 amide bonds. The van der Waals surface area contributed by atoms with E-state index >= 15 is 0 Å². The summed E-state index contributed by atoms with van der Waals surface area (Å²) in [6, 6.07) is 13.3. The molecular formula is C22H14F3N5O. The third-order valence-electron chi connectivity index (χ3n) is 4.73. The number of hydrogen-bond acceptors (Lipinski definition) is 4. The van der Waals surface area contributed by atoms with Crippen molar-refractivity contribution in [3.05, 3.63) is 77.1 Å². The lowest BCUT2D eigenvalue weighted by Gasteiger charge is -2.08. The number of aromatic amines is 1. The van der Waals surface area contributed by atoms with Gasteiger partial charge in [-0.2, -0.15) is 23.5 Å². The SMILES string of the molecule is Cc1cc(C#N)cnc1C(=O)Nc1ccc2[nH]nc(-c3ccc(C(F)(F)F)cc3)c2c1. The zero-order chi connectivity index (χ0) is 22.2. The molecule has 0 radical (unpaired) electrons. The van der Waals surface area contributed by atoms with Crippen LogP contribution in [0.3, 0.4) is 0 Å². The van der Waals surface area contributed by atoms with Crippen molar-refractivity contribution in [2.45, 2.75) is 13.1 Å². The fraction of sp³-hybridized carbons (Fsp3) is 0.0909. The van der Waals surface area contributed by atoms with Crippen LogP contribution in [0.5, 0.6) is 0 Å². The lowest BCUT2D eigenvalue weighted by Crippen LogP contribution is -2.15. The Labute approximate surface area is 174 Å². The van der Waals surface area contributed by atoms with Gasteiger partial charge in [-0.3, -0.25) is 9.89 Å². The van der Waals surface area contributed by atoms with Gasteiger partial charge in [-0.15, -0.1) is 0 Å². The average molecular weight is 421 g/mol. The van der Waals surface area contributed by atoms with Crippen molar-refractivity contribution in [3.8, 4) is 17.3 Å². The first-order valence-electron chi connectivity index (χ1n) is 9.10. The summed E-state index contributed by atoms with van der Waals surface area (Å²) in [5.74, 6) is -0.444. The van der Waals surface area contributed by atoms with Gasteiger partial charge in [-0.25, -0.2) is 4.98 Å². The molecule has 0 aliphatic carbocycles. The van der Waals surface area contributed by atoms with Crippen LogP contribution in [0.15, 0.2) is 54.7 Å². The molecule has 2 N–H and O–H groups in total. The Morgan fingerprint density at radius 2 is 1.87 bits per heavy atom. The molecular weight excluding hydrogens is 407 g/mol. The number of benzene rings is 2. The van der Waals surface area contributed by atoms with E-state index in [1.807, 2.05) is 6.07 Å². The summed E-state index contributed by atoms with van der Waals surface area (Å²) < 4.78 is 38.5. The molecule has 2 heterocycles. The van der Waals surface area contributed by atoms with Crippen LogP contribution in [-0.2, 0) is 6.18 Å². The minimum absolute atomic E-state index is 0.189. The maximum atomic E-state index is 12.8. The van der Waals surface area contributed by atoms with E-state index in [2.05, 4.69) is 20.5 Å². The number of hydrogen-bond donors (Lipinski definition) is 2. The summed E-state index contributed by atoms with van der Waals surface area (Å²) in [4.78, 5) is 16.7. The number of nitrogens with zero attached hydrogens (tertiary/aromatic N) is 3. The minimum atomic E-state index is -4.42. The fourth-order valence-corrected chi connectivity index (χ4v) is 3.19. The largest absolute Gasteiger partial charge is 0.416 e. The lowest BCUT2D eigenvalue weighted by molar-refractivity contribution is -0.137. The number of pyridine rings is 1. The molecule has 0 spiro atoms. The van der Waals surface area contributed by atoms with Crippen molar-refractivity contribution < 1.29 is 18.0 Å². The van der Waals surface area contributed by atoms with Crippen LogP contribution in [0.4, 0.5) is 18.9 Å². The van der Waals surface area contributed by atoms with E-state index in [9.17, 15) is 18.0 Å². The van der Waals surface area contributed by atoms with Gasteiger partial charge in [-0.1, -0.05) is 12.1 Å². The Hall–Kier alpha value is -4.19. The molecule has 0 bridgehead atoms. The number of H-pyrrole nitrogens is 1. The van der Waals surface area contributed by atoms with Crippen molar-refractivity contribution >= 4 is 22.5 Å². The number of aryl methyl sites for hydroxylation is 1. The quantitative estimate of drug-likeness (QED) is 0.483. The van der Waals surface area contributed by atoms with Gasteiger partial charge in [0, 0.05) is 22.8 Å². The molecule has 0 saturated heterocycles. The van der Waals surface area contributed by atoms with E-state index < -0.39 is 17.6 Å². The number of alkyl halides is 3. The van der Waals surface area contributed by atoms with Crippen LogP contribution < -0.4 is 5.32 Å². The Morgan fingerprint density at radius 3 is 2.52 bits per heavy atom. The van der Waals surface area contributed by atoms with Gasteiger partial charge >= 0.3 is 6.18 Å². The molecule has 31 heavy (non-hydrogen) atoms. The van der Waals surface area contributed by atoms with Crippen LogP contribution in [0.1, 0.15) is 27.2 Å². The van der Waals surface area contributed by atoms with E-state index in [1.165, 1.54) is 18.3 Å². The van der Waals surface area contributed by atoms with Crippen molar-refractivity contribution in [3.63, 3.8) is 0 Å². The van der Waals surface area contributed by atoms with E-state index in [1.54, 1.807) is 31.2 Å². The van der Waals surface area contributed by atoms with Gasteiger partial charge in [0.1, 0.15) is 11.8 Å². The molecule has 0 saturated carbocycles. The van der Waals surface area contributed by atoms with Gasteiger partial charge in [0.05, 0.1) is 22.3 Å². The number of fused-ring (bicyclic) bond motifs is 1. The van der Waals surface area contributed by atoms with Crippen LogP contribution in [0, 0.1) is 18.3 Å². The van der Waals surface area contributed by atoms with Crippen molar-refractivity contribution in [2.75, 3.05) is 5.32 Å². The third kappa shape index (κ3) is 3.96. The van der Waals surface area contributed by atoms with Crippen LogP contribution in [0.2, 0.25) is 0 Å². The van der Waals surface area contributed by atoms with Crippen LogP contribution in [-0.4, -0.2) is 21.1 Å². The van der Waals surface area contributed by atoms with Gasteiger partial charge in [0.2, 0.25) is 0 Å². The average Bonchev–Trinajstić information content (AvgIpc) is 3.16. The normalized spacial score (nSPS) is 11.3. The standard InChI is InChI=1S/C22H14F3N5O/c1-12-8-13(10-26)11-27-19(12)21(31)28-16-6-7-18-17(9-16)20(30-29-18)14-2-4-15(5-3-14)22(23,24)25/h2-9,11H,1H3,(H,28,31)(H,29,30). The number of nitrogens with one attached hydrogen (secondary N) is 2. The molecule has 2 aromatic heterocycles. The molecule has 2 aromatic carbocycles. The third-order valence-corrected chi connectivity index (χ3v) is 4.73. The van der Waals surface area contributed by atoms with E-state index in [0.29, 0.717) is 39.0 Å². The maximum Gasteiger partial charge on any atom is 0.416 e. The first-order chi connectivity index (χ1) is 14.8. The van der Waals surface area contributed by atoms with Gasteiger partial charge in [0.25, 0.3) is 5.91 Å². The van der Waals surface area contributed by atoms with Crippen LogP contribution >= 0.6 is 0 Å². The Balaban J connectivity index is 1.64. The monoisotopic (exact) mass is 421 g/mol. The molecule has 154 valence electrons. The van der Waals surface area contributed by atoms with Crippen molar-refractivity contribution in [2.24, 2.45) is 0 Å². The molecule has 9 heteroatoms. The first kappa shape index (κ1) is 20.1. The second kappa shape index (κ2) is 7.57. The van der Waals surface area contributed by atoms with Crippen molar-refractivity contribution in [1.82, 2.24) is 15.2 Å². The smallest absolute Gasteiger partial charge is 0.321 e. The second-order valence-electron chi connectivity index (χ2n) is 6.86. The number of nitriles is 1. The number of anilines is 1. The van der Waals surface area contributed by atoms with Crippen LogP contribution in [0.25, 0.3) is 22.2 Å². The van der Waals surface area contributed by atoms with E-state index in [4.69, 9.17) is 5.26 Å². The summed E-state index contributed by atoms with van der Waals surface area (Å²) >= 11 is 0. The topological polar surface area (TPSA) is 94.5 Å². The van der Waals surface area contributed by atoms with E-state index in [-0.39, 0.29) is 5.69 Å². The number of amides is 1. The molecule has 6 nitrogen and oxygen atoms in total. The highest BCUT2D eigenvalue weighted by Crippen LogP contribution is 2.33.